The molecule has 0 aromatic carbocycles. The zero-order valence-electron chi connectivity index (χ0n) is 12.9. The van der Waals surface area contributed by atoms with Crippen LogP contribution in [0.1, 0.15) is 64.7 Å². The first-order chi connectivity index (χ1) is 9.33. The molecule has 114 valence electrons. The van der Waals surface area contributed by atoms with Crippen molar-refractivity contribution in [2.24, 2.45) is 0 Å². The van der Waals surface area contributed by atoms with Gasteiger partial charge in [0.05, 0.1) is 6.10 Å². The highest BCUT2D eigenvalue weighted by atomic mass is 16.3. The topological polar surface area (TPSA) is 35.5 Å². The van der Waals surface area contributed by atoms with Crippen molar-refractivity contribution in [3.05, 3.63) is 0 Å². The molecule has 3 heteroatoms. The first-order valence-corrected chi connectivity index (χ1v) is 8.44. The molecule has 0 radical (unpaired) electrons. The zero-order chi connectivity index (χ0) is 13.8. The molecule has 1 fully saturated rings. The zero-order valence-corrected chi connectivity index (χ0v) is 12.9. The van der Waals surface area contributed by atoms with E-state index in [-0.39, 0.29) is 6.10 Å². The predicted octanol–water partition coefficient (Wildman–Crippen LogP) is 2.78. The molecule has 1 atom stereocenters. The molecular formula is C16H34N2O. The molecule has 1 unspecified atom stereocenters. The predicted molar refractivity (Wildman–Crippen MR) is 82.5 cm³/mol. The van der Waals surface area contributed by atoms with Crippen LogP contribution in [-0.2, 0) is 0 Å². The number of nitrogens with zero attached hydrogens (tertiary/aromatic N) is 1. The maximum absolute atomic E-state index is 10.0. The molecule has 0 aliphatic carbocycles. The van der Waals surface area contributed by atoms with Crippen LogP contribution in [0.2, 0.25) is 0 Å². The van der Waals surface area contributed by atoms with E-state index in [1.165, 1.54) is 51.4 Å². The number of unbranched alkanes of at least 4 members (excludes halogenated alkanes) is 7. The summed E-state index contributed by atoms with van der Waals surface area (Å²) in [5.41, 5.74) is 0. The summed E-state index contributed by atoms with van der Waals surface area (Å²) in [4.78, 5) is 2.38. The molecule has 0 saturated carbocycles. The molecule has 0 spiro atoms. The number of aliphatic hydroxyl groups is 1. The first-order valence-electron chi connectivity index (χ1n) is 8.44. The van der Waals surface area contributed by atoms with Crippen molar-refractivity contribution in [2.75, 3.05) is 32.7 Å². The van der Waals surface area contributed by atoms with E-state index in [2.05, 4.69) is 17.1 Å². The smallest absolute Gasteiger partial charge is 0.0667 e. The van der Waals surface area contributed by atoms with Crippen LogP contribution in [0.3, 0.4) is 0 Å². The standard InChI is InChI=1S/C16H34N2O/c1-2-3-4-5-6-7-8-9-10-16(19)15-18-13-11-17-12-14-18/h16-17,19H,2-15H2,1H3. The fourth-order valence-corrected chi connectivity index (χ4v) is 2.80. The van der Waals surface area contributed by atoms with E-state index in [9.17, 15) is 5.11 Å². The van der Waals surface area contributed by atoms with Crippen molar-refractivity contribution in [1.82, 2.24) is 10.2 Å². The highest BCUT2D eigenvalue weighted by molar-refractivity contribution is 4.71. The molecule has 2 N–H and O–H groups in total. The van der Waals surface area contributed by atoms with Crippen LogP contribution in [0.4, 0.5) is 0 Å². The highest BCUT2D eigenvalue weighted by Gasteiger charge is 2.13. The van der Waals surface area contributed by atoms with Gasteiger partial charge in [0.15, 0.2) is 0 Å². The van der Waals surface area contributed by atoms with Gasteiger partial charge in [-0.3, -0.25) is 4.90 Å². The summed E-state index contributed by atoms with van der Waals surface area (Å²) in [5, 5.41) is 13.4. The Labute approximate surface area is 119 Å². The Morgan fingerprint density at radius 2 is 1.53 bits per heavy atom. The van der Waals surface area contributed by atoms with E-state index in [1.807, 2.05) is 0 Å². The summed E-state index contributed by atoms with van der Waals surface area (Å²) in [6, 6.07) is 0. The monoisotopic (exact) mass is 270 g/mol. The van der Waals surface area contributed by atoms with Gasteiger partial charge in [-0.05, 0) is 6.42 Å². The van der Waals surface area contributed by atoms with Gasteiger partial charge < -0.3 is 10.4 Å². The molecule has 19 heavy (non-hydrogen) atoms. The third kappa shape index (κ3) is 9.42. The second-order valence-corrected chi connectivity index (χ2v) is 5.97. The van der Waals surface area contributed by atoms with Gasteiger partial charge >= 0.3 is 0 Å². The van der Waals surface area contributed by atoms with Crippen molar-refractivity contribution < 1.29 is 5.11 Å². The average Bonchev–Trinajstić information content (AvgIpc) is 2.43. The number of nitrogens with one attached hydrogen (secondary N) is 1. The van der Waals surface area contributed by atoms with Crippen molar-refractivity contribution in [1.29, 1.82) is 0 Å². The quantitative estimate of drug-likeness (QED) is 0.567. The number of β-amino-alcohol motifs (C(OH)–C–C–N with tert-alkyl or cyclic N) is 1. The Hall–Kier alpha value is -0.120. The lowest BCUT2D eigenvalue weighted by atomic mass is 10.1. The molecule has 0 aromatic rings. The Bertz CT molecular complexity index is 193. The summed E-state index contributed by atoms with van der Waals surface area (Å²) in [7, 11) is 0. The molecule has 0 amide bonds. The Kier molecular flexibility index (Phi) is 10.4. The molecule has 1 aliphatic rings. The van der Waals surface area contributed by atoms with Crippen molar-refractivity contribution in [3.63, 3.8) is 0 Å². The molecule has 0 aromatic heterocycles. The Morgan fingerprint density at radius 3 is 2.16 bits per heavy atom. The third-order valence-electron chi connectivity index (χ3n) is 4.07. The van der Waals surface area contributed by atoms with E-state index in [1.54, 1.807) is 0 Å². The summed E-state index contributed by atoms with van der Waals surface area (Å²) in [6.45, 7) is 7.47. The van der Waals surface area contributed by atoms with Crippen LogP contribution in [-0.4, -0.2) is 48.8 Å². The fraction of sp³-hybridized carbons (Fsp3) is 1.00. The van der Waals surface area contributed by atoms with Crippen LogP contribution in [0, 0.1) is 0 Å². The number of hydrogen-bond acceptors (Lipinski definition) is 3. The van der Waals surface area contributed by atoms with Gasteiger partial charge in [0.1, 0.15) is 0 Å². The fourth-order valence-electron chi connectivity index (χ4n) is 2.80. The average molecular weight is 270 g/mol. The summed E-state index contributed by atoms with van der Waals surface area (Å²) >= 11 is 0. The van der Waals surface area contributed by atoms with E-state index in [0.717, 1.165) is 39.1 Å². The summed E-state index contributed by atoms with van der Waals surface area (Å²) in [5.74, 6) is 0. The third-order valence-corrected chi connectivity index (χ3v) is 4.07. The number of rotatable bonds is 11. The van der Waals surface area contributed by atoms with E-state index in [0.29, 0.717) is 0 Å². The van der Waals surface area contributed by atoms with Gasteiger partial charge in [-0.1, -0.05) is 58.3 Å². The minimum Gasteiger partial charge on any atom is -0.392 e. The maximum atomic E-state index is 10.0. The molecular weight excluding hydrogens is 236 g/mol. The van der Waals surface area contributed by atoms with Crippen LogP contribution < -0.4 is 5.32 Å². The Morgan fingerprint density at radius 1 is 0.947 bits per heavy atom. The first kappa shape index (κ1) is 16.9. The molecule has 1 rings (SSSR count). The minimum atomic E-state index is -0.113. The number of aliphatic hydroxyl groups excluding tert-OH is 1. The molecule has 1 saturated heterocycles. The second kappa shape index (κ2) is 11.7. The summed E-state index contributed by atoms with van der Waals surface area (Å²) in [6.07, 6.45) is 11.6. The van der Waals surface area contributed by atoms with Gasteiger partial charge in [0.25, 0.3) is 0 Å². The number of piperazine rings is 1. The van der Waals surface area contributed by atoms with Crippen LogP contribution in [0.5, 0.6) is 0 Å². The van der Waals surface area contributed by atoms with Gasteiger partial charge in [0, 0.05) is 32.7 Å². The highest BCUT2D eigenvalue weighted by Crippen LogP contribution is 2.11. The van der Waals surface area contributed by atoms with Gasteiger partial charge in [0.2, 0.25) is 0 Å². The lowest BCUT2D eigenvalue weighted by Gasteiger charge is -2.29. The van der Waals surface area contributed by atoms with Gasteiger partial charge in [-0.25, -0.2) is 0 Å². The minimum absolute atomic E-state index is 0.113. The largest absolute Gasteiger partial charge is 0.392 e. The van der Waals surface area contributed by atoms with Crippen LogP contribution in [0.25, 0.3) is 0 Å². The van der Waals surface area contributed by atoms with E-state index < -0.39 is 0 Å². The summed E-state index contributed by atoms with van der Waals surface area (Å²) < 4.78 is 0. The molecule has 0 bridgehead atoms. The van der Waals surface area contributed by atoms with Crippen molar-refractivity contribution in [2.45, 2.75) is 70.8 Å². The SMILES string of the molecule is CCCCCCCCCCC(O)CN1CCNCC1. The maximum Gasteiger partial charge on any atom is 0.0667 e. The second-order valence-electron chi connectivity index (χ2n) is 5.97. The Balaban J connectivity index is 1.85. The van der Waals surface area contributed by atoms with Gasteiger partial charge in [-0.2, -0.15) is 0 Å². The molecule has 1 heterocycles. The molecule has 3 nitrogen and oxygen atoms in total. The van der Waals surface area contributed by atoms with Crippen LogP contribution >= 0.6 is 0 Å². The van der Waals surface area contributed by atoms with Gasteiger partial charge in [-0.15, -0.1) is 0 Å². The lowest BCUT2D eigenvalue weighted by molar-refractivity contribution is 0.0962. The van der Waals surface area contributed by atoms with E-state index >= 15 is 0 Å². The lowest BCUT2D eigenvalue weighted by Crippen LogP contribution is -2.46. The normalized spacial score (nSPS) is 18.6. The number of hydrogen-bond donors (Lipinski definition) is 2. The van der Waals surface area contributed by atoms with Crippen molar-refractivity contribution >= 4 is 0 Å². The molecule has 1 aliphatic heterocycles. The van der Waals surface area contributed by atoms with E-state index in [4.69, 9.17) is 0 Å². The van der Waals surface area contributed by atoms with Crippen LogP contribution in [0.15, 0.2) is 0 Å². The van der Waals surface area contributed by atoms with Crippen molar-refractivity contribution in [3.8, 4) is 0 Å².